The van der Waals surface area contributed by atoms with Crippen LogP contribution in [-0.2, 0) is 11.2 Å². The van der Waals surface area contributed by atoms with Crippen LogP contribution in [-0.4, -0.2) is 45.6 Å². The Kier molecular flexibility index (Phi) is 4.19. The fourth-order valence-electron chi connectivity index (χ4n) is 3.16. The molecule has 19 heavy (non-hydrogen) atoms. The summed E-state index contributed by atoms with van der Waals surface area (Å²) in [5, 5.41) is 12.9. The quantitative estimate of drug-likeness (QED) is 0.858. The van der Waals surface area contributed by atoms with Crippen molar-refractivity contribution in [2.45, 2.75) is 43.7 Å². The van der Waals surface area contributed by atoms with E-state index in [0.717, 1.165) is 62.8 Å². The van der Waals surface area contributed by atoms with Crippen molar-refractivity contribution < 1.29 is 4.74 Å². The van der Waals surface area contributed by atoms with E-state index in [1.807, 2.05) is 0 Å². The molecule has 0 saturated carbocycles. The molecule has 1 unspecified atom stereocenters. The van der Waals surface area contributed by atoms with Gasteiger partial charge in [-0.25, -0.2) is 4.68 Å². The van der Waals surface area contributed by atoms with Gasteiger partial charge in [0.15, 0.2) is 0 Å². The maximum Gasteiger partial charge on any atom is 0.0835 e. The van der Waals surface area contributed by atoms with E-state index in [1.165, 1.54) is 0 Å². The number of halogens is 1. The number of rotatable bonds is 3. The first-order chi connectivity index (χ1) is 9.31. The van der Waals surface area contributed by atoms with Crippen molar-refractivity contribution in [3.05, 3.63) is 11.9 Å². The van der Waals surface area contributed by atoms with E-state index in [-0.39, 0.29) is 5.60 Å². The van der Waals surface area contributed by atoms with Crippen molar-refractivity contribution in [1.29, 1.82) is 0 Å². The molecule has 2 aliphatic heterocycles. The maximum absolute atomic E-state index is 6.10. The number of hydrogen-bond acceptors (Lipinski definition) is 4. The highest BCUT2D eigenvalue weighted by Crippen LogP contribution is 2.37. The molecule has 0 aromatic carbocycles. The van der Waals surface area contributed by atoms with Gasteiger partial charge in [-0.1, -0.05) is 21.1 Å². The lowest BCUT2D eigenvalue weighted by Gasteiger charge is -2.43. The first kappa shape index (κ1) is 13.5. The number of ether oxygens (including phenoxy) is 1. The fourth-order valence-corrected chi connectivity index (χ4v) is 3.57. The predicted molar refractivity (Wildman–Crippen MR) is 76.6 cm³/mol. The summed E-state index contributed by atoms with van der Waals surface area (Å²) in [6, 6.07) is 0.448. The van der Waals surface area contributed by atoms with Crippen LogP contribution in [0.5, 0.6) is 0 Å². The SMILES string of the molecule is BrCCc1cn(C2CCOC3(CCNCC3)C2)nn1. The van der Waals surface area contributed by atoms with Crippen molar-refractivity contribution >= 4 is 15.9 Å². The third-order valence-corrected chi connectivity index (χ3v) is 4.66. The van der Waals surface area contributed by atoms with Gasteiger partial charge >= 0.3 is 0 Å². The number of piperidine rings is 1. The van der Waals surface area contributed by atoms with Crippen molar-refractivity contribution in [3.8, 4) is 0 Å². The Bertz CT molecular complexity index is 411. The monoisotopic (exact) mass is 328 g/mol. The molecule has 2 aliphatic rings. The Hall–Kier alpha value is -0.460. The molecule has 2 saturated heterocycles. The van der Waals surface area contributed by atoms with Crippen LogP contribution >= 0.6 is 15.9 Å². The summed E-state index contributed by atoms with van der Waals surface area (Å²) in [6.45, 7) is 2.98. The molecule has 0 radical (unpaired) electrons. The topological polar surface area (TPSA) is 52.0 Å². The number of alkyl halides is 1. The zero-order valence-electron chi connectivity index (χ0n) is 11.1. The molecule has 1 spiro atoms. The molecule has 106 valence electrons. The van der Waals surface area contributed by atoms with E-state index in [1.54, 1.807) is 0 Å². The fraction of sp³-hybridized carbons (Fsp3) is 0.846. The highest BCUT2D eigenvalue weighted by atomic mass is 79.9. The van der Waals surface area contributed by atoms with Gasteiger partial charge in [0.2, 0.25) is 0 Å². The summed E-state index contributed by atoms with van der Waals surface area (Å²) >= 11 is 3.44. The molecule has 0 bridgehead atoms. The summed E-state index contributed by atoms with van der Waals surface area (Å²) in [4.78, 5) is 0. The first-order valence-electron chi connectivity index (χ1n) is 7.13. The zero-order valence-corrected chi connectivity index (χ0v) is 12.7. The van der Waals surface area contributed by atoms with Gasteiger partial charge < -0.3 is 10.1 Å². The second-order valence-corrected chi connectivity index (χ2v) is 6.35. The van der Waals surface area contributed by atoms with Crippen LogP contribution < -0.4 is 5.32 Å². The molecule has 1 aromatic heterocycles. The van der Waals surface area contributed by atoms with E-state index in [4.69, 9.17) is 4.74 Å². The van der Waals surface area contributed by atoms with Crippen LogP contribution in [0.15, 0.2) is 6.20 Å². The van der Waals surface area contributed by atoms with E-state index in [0.29, 0.717) is 6.04 Å². The third kappa shape index (κ3) is 3.01. The Morgan fingerprint density at radius 1 is 1.47 bits per heavy atom. The highest BCUT2D eigenvalue weighted by molar-refractivity contribution is 9.09. The molecule has 3 heterocycles. The molecule has 5 nitrogen and oxygen atoms in total. The van der Waals surface area contributed by atoms with Crippen molar-refractivity contribution in [2.24, 2.45) is 0 Å². The number of nitrogens with zero attached hydrogens (tertiary/aromatic N) is 3. The minimum Gasteiger partial charge on any atom is -0.375 e. The molecule has 0 aliphatic carbocycles. The van der Waals surface area contributed by atoms with Gasteiger partial charge in [-0.05, 0) is 38.8 Å². The van der Waals surface area contributed by atoms with Gasteiger partial charge in [-0.15, -0.1) is 5.10 Å². The van der Waals surface area contributed by atoms with E-state index in [9.17, 15) is 0 Å². The number of nitrogens with one attached hydrogen (secondary N) is 1. The molecular formula is C13H21BrN4O. The van der Waals surface area contributed by atoms with Gasteiger partial charge in [0.25, 0.3) is 0 Å². The largest absolute Gasteiger partial charge is 0.375 e. The Labute approximate surface area is 122 Å². The summed E-state index contributed by atoms with van der Waals surface area (Å²) in [7, 11) is 0. The minimum atomic E-state index is 0.0791. The van der Waals surface area contributed by atoms with E-state index < -0.39 is 0 Å². The van der Waals surface area contributed by atoms with Crippen LogP contribution in [0.2, 0.25) is 0 Å². The summed E-state index contributed by atoms with van der Waals surface area (Å²) in [5.74, 6) is 0. The second kappa shape index (κ2) is 5.89. The van der Waals surface area contributed by atoms with Crippen LogP contribution in [0.1, 0.15) is 37.4 Å². The summed E-state index contributed by atoms with van der Waals surface area (Å²) in [5.41, 5.74) is 1.15. The first-order valence-corrected chi connectivity index (χ1v) is 8.25. The van der Waals surface area contributed by atoms with Crippen molar-refractivity contribution in [2.75, 3.05) is 25.0 Å². The van der Waals surface area contributed by atoms with Crippen molar-refractivity contribution in [3.63, 3.8) is 0 Å². The Balaban J connectivity index is 1.69. The molecular weight excluding hydrogens is 308 g/mol. The smallest absolute Gasteiger partial charge is 0.0835 e. The van der Waals surface area contributed by atoms with Crippen molar-refractivity contribution in [1.82, 2.24) is 20.3 Å². The van der Waals surface area contributed by atoms with Gasteiger partial charge in [-0.2, -0.15) is 0 Å². The van der Waals surface area contributed by atoms with Crippen LogP contribution in [0.25, 0.3) is 0 Å². The molecule has 1 N–H and O–H groups in total. The standard InChI is InChI=1S/C13H21BrN4O/c14-5-1-11-10-18(17-16-11)12-2-8-19-13(9-12)3-6-15-7-4-13/h10,12,15H,1-9H2. The van der Waals surface area contributed by atoms with Crippen LogP contribution in [0.4, 0.5) is 0 Å². The van der Waals surface area contributed by atoms with Gasteiger partial charge in [-0.3, -0.25) is 0 Å². The van der Waals surface area contributed by atoms with Crippen LogP contribution in [0, 0.1) is 0 Å². The lowest BCUT2D eigenvalue weighted by molar-refractivity contribution is -0.112. The molecule has 6 heteroatoms. The predicted octanol–water partition coefficient (Wildman–Crippen LogP) is 1.69. The van der Waals surface area contributed by atoms with Gasteiger partial charge in [0.1, 0.15) is 0 Å². The highest BCUT2D eigenvalue weighted by Gasteiger charge is 2.39. The minimum absolute atomic E-state index is 0.0791. The summed E-state index contributed by atoms with van der Waals surface area (Å²) in [6.07, 6.45) is 7.40. The average Bonchev–Trinajstić information content (AvgIpc) is 2.89. The molecule has 3 rings (SSSR count). The van der Waals surface area contributed by atoms with Gasteiger partial charge in [0.05, 0.1) is 17.3 Å². The third-order valence-electron chi connectivity index (χ3n) is 4.26. The number of aryl methyl sites for hydroxylation is 1. The molecule has 1 atom stereocenters. The molecule has 1 aromatic rings. The van der Waals surface area contributed by atoms with E-state index in [2.05, 4.69) is 42.4 Å². The maximum atomic E-state index is 6.10. The molecule has 0 amide bonds. The lowest BCUT2D eigenvalue weighted by Crippen LogP contribution is -2.48. The second-order valence-electron chi connectivity index (χ2n) is 5.56. The molecule has 2 fully saturated rings. The number of aromatic nitrogens is 3. The number of hydrogen-bond donors (Lipinski definition) is 1. The lowest BCUT2D eigenvalue weighted by atomic mass is 9.83. The zero-order chi connectivity index (χ0) is 13.1. The Morgan fingerprint density at radius 2 is 2.32 bits per heavy atom. The summed E-state index contributed by atoms with van der Waals surface area (Å²) < 4.78 is 8.16. The van der Waals surface area contributed by atoms with E-state index >= 15 is 0 Å². The van der Waals surface area contributed by atoms with Crippen LogP contribution in [0.3, 0.4) is 0 Å². The Morgan fingerprint density at radius 3 is 3.11 bits per heavy atom. The normalized spacial score (nSPS) is 26.7. The van der Waals surface area contributed by atoms with Gasteiger partial charge in [0, 0.05) is 24.6 Å². The average molecular weight is 329 g/mol.